The van der Waals surface area contributed by atoms with Crippen molar-refractivity contribution in [1.82, 2.24) is 14.8 Å². The lowest BCUT2D eigenvalue weighted by Gasteiger charge is -2.11. The van der Waals surface area contributed by atoms with E-state index in [4.69, 9.17) is 0 Å². The Morgan fingerprint density at radius 2 is 1.48 bits per heavy atom. The van der Waals surface area contributed by atoms with Crippen LogP contribution in [0.4, 0.5) is 32.0 Å². The number of halogens is 6. The van der Waals surface area contributed by atoms with Crippen LogP contribution in [0.3, 0.4) is 0 Å². The molecule has 0 spiro atoms. The van der Waals surface area contributed by atoms with E-state index in [0.29, 0.717) is 12.2 Å². The van der Waals surface area contributed by atoms with Gasteiger partial charge in [-0.2, -0.15) is 31.4 Å². The SMILES string of the molecule is FC(F)(F)c1cc(C(F)(F)F)n(-c2ccc(NCc3ccncc3)cc2)n1. The van der Waals surface area contributed by atoms with Gasteiger partial charge in [-0.1, -0.05) is 0 Å². The molecule has 142 valence electrons. The van der Waals surface area contributed by atoms with Crippen molar-refractivity contribution in [3.8, 4) is 5.69 Å². The second-order valence-electron chi connectivity index (χ2n) is 5.58. The Bertz CT molecular complexity index is 898. The molecule has 10 heteroatoms. The van der Waals surface area contributed by atoms with Gasteiger partial charge in [0.1, 0.15) is 5.69 Å². The highest BCUT2D eigenvalue weighted by molar-refractivity contribution is 5.49. The summed E-state index contributed by atoms with van der Waals surface area (Å²) in [6.07, 6.45) is -6.71. The molecule has 0 aliphatic heterocycles. The van der Waals surface area contributed by atoms with E-state index in [-0.39, 0.29) is 16.4 Å². The Hall–Kier alpha value is -3.04. The van der Waals surface area contributed by atoms with Gasteiger partial charge in [0.15, 0.2) is 5.69 Å². The fraction of sp³-hybridized carbons (Fsp3) is 0.176. The second-order valence-corrected chi connectivity index (χ2v) is 5.58. The third-order valence-electron chi connectivity index (χ3n) is 3.65. The molecule has 27 heavy (non-hydrogen) atoms. The van der Waals surface area contributed by atoms with Crippen molar-refractivity contribution in [3.63, 3.8) is 0 Å². The molecule has 4 nitrogen and oxygen atoms in total. The minimum atomic E-state index is -4.98. The first-order chi connectivity index (χ1) is 12.6. The van der Waals surface area contributed by atoms with Crippen LogP contribution in [0, 0.1) is 0 Å². The number of rotatable bonds is 4. The number of hydrogen-bond donors (Lipinski definition) is 1. The quantitative estimate of drug-likeness (QED) is 0.648. The predicted molar refractivity (Wildman–Crippen MR) is 85.1 cm³/mol. The number of nitrogens with one attached hydrogen (secondary N) is 1. The molecule has 0 aliphatic carbocycles. The van der Waals surface area contributed by atoms with Crippen molar-refractivity contribution in [2.24, 2.45) is 0 Å². The highest BCUT2D eigenvalue weighted by Gasteiger charge is 2.42. The maximum atomic E-state index is 13.1. The van der Waals surface area contributed by atoms with Crippen LogP contribution in [0.25, 0.3) is 5.69 Å². The van der Waals surface area contributed by atoms with Gasteiger partial charge in [0.25, 0.3) is 0 Å². The fourth-order valence-electron chi connectivity index (χ4n) is 2.34. The van der Waals surface area contributed by atoms with Crippen LogP contribution in [0.15, 0.2) is 54.9 Å². The van der Waals surface area contributed by atoms with E-state index in [1.807, 2.05) is 0 Å². The third-order valence-corrected chi connectivity index (χ3v) is 3.65. The Morgan fingerprint density at radius 1 is 0.852 bits per heavy atom. The van der Waals surface area contributed by atoms with E-state index < -0.39 is 23.7 Å². The van der Waals surface area contributed by atoms with Gasteiger partial charge < -0.3 is 5.32 Å². The van der Waals surface area contributed by atoms with E-state index in [9.17, 15) is 26.3 Å². The first-order valence-corrected chi connectivity index (χ1v) is 7.62. The summed E-state index contributed by atoms with van der Waals surface area (Å²) < 4.78 is 77.7. The number of benzene rings is 1. The summed E-state index contributed by atoms with van der Waals surface area (Å²) in [5.41, 5.74) is -1.70. The van der Waals surface area contributed by atoms with Crippen molar-refractivity contribution in [2.45, 2.75) is 18.9 Å². The highest BCUT2D eigenvalue weighted by atomic mass is 19.4. The number of aromatic nitrogens is 3. The number of hydrogen-bond acceptors (Lipinski definition) is 3. The molecule has 0 bridgehead atoms. The van der Waals surface area contributed by atoms with Crippen LogP contribution in [-0.4, -0.2) is 14.8 Å². The van der Waals surface area contributed by atoms with Crippen LogP contribution in [0.5, 0.6) is 0 Å². The summed E-state index contributed by atoms with van der Waals surface area (Å²) >= 11 is 0. The van der Waals surface area contributed by atoms with Crippen LogP contribution in [-0.2, 0) is 18.9 Å². The lowest BCUT2D eigenvalue weighted by Crippen LogP contribution is -2.13. The molecule has 0 aliphatic rings. The van der Waals surface area contributed by atoms with Crippen LogP contribution in [0.1, 0.15) is 17.0 Å². The average Bonchev–Trinajstić information content (AvgIpc) is 3.07. The molecule has 3 rings (SSSR count). The van der Waals surface area contributed by atoms with Crippen molar-refractivity contribution in [3.05, 3.63) is 71.8 Å². The summed E-state index contributed by atoms with van der Waals surface area (Å²) in [7, 11) is 0. The first-order valence-electron chi connectivity index (χ1n) is 7.62. The molecule has 2 heterocycles. The lowest BCUT2D eigenvalue weighted by molar-refractivity contribution is -0.143. The van der Waals surface area contributed by atoms with Crippen molar-refractivity contribution >= 4 is 5.69 Å². The average molecular weight is 386 g/mol. The predicted octanol–water partition coefficient (Wildman–Crippen LogP) is 4.92. The number of alkyl halides is 6. The summed E-state index contributed by atoms with van der Waals surface area (Å²) in [6.45, 7) is 0.454. The molecule has 0 radical (unpaired) electrons. The zero-order valence-electron chi connectivity index (χ0n) is 13.5. The van der Waals surface area contributed by atoms with E-state index in [2.05, 4.69) is 15.4 Å². The summed E-state index contributed by atoms with van der Waals surface area (Å²) in [5.74, 6) is 0. The Kier molecular flexibility index (Phi) is 4.81. The molecule has 0 saturated heterocycles. The Balaban J connectivity index is 1.85. The zero-order valence-corrected chi connectivity index (χ0v) is 13.5. The zero-order chi connectivity index (χ0) is 19.7. The number of anilines is 1. The minimum Gasteiger partial charge on any atom is -0.381 e. The van der Waals surface area contributed by atoms with E-state index in [1.165, 1.54) is 24.3 Å². The van der Waals surface area contributed by atoms with Gasteiger partial charge in [-0.15, -0.1) is 0 Å². The summed E-state index contributed by atoms with van der Waals surface area (Å²) in [4.78, 5) is 3.88. The molecular formula is C17H12F6N4. The van der Waals surface area contributed by atoms with Crippen LogP contribution < -0.4 is 5.32 Å². The molecule has 0 amide bonds. The Morgan fingerprint density at radius 3 is 2.04 bits per heavy atom. The van der Waals surface area contributed by atoms with Gasteiger partial charge in [-0.3, -0.25) is 4.98 Å². The largest absolute Gasteiger partial charge is 0.435 e. The molecule has 0 unspecified atom stereocenters. The van der Waals surface area contributed by atoms with Crippen molar-refractivity contribution in [1.29, 1.82) is 0 Å². The first kappa shape index (κ1) is 18.7. The maximum Gasteiger partial charge on any atom is 0.435 e. The van der Waals surface area contributed by atoms with E-state index in [1.54, 1.807) is 24.5 Å². The number of nitrogens with zero attached hydrogens (tertiary/aromatic N) is 3. The standard InChI is InChI=1S/C17H12F6N4/c18-16(19,20)14-9-15(17(21,22)23)27(26-14)13-3-1-12(2-4-13)25-10-11-5-7-24-8-6-11/h1-9,25H,10H2. The third kappa shape index (κ3) is 4.39. The summed E-state index contributed by atoms with van der Waals surface area (Å²) in [6, 6.07) is 9.03. The molecule has 0 saturated carbocycles. The minimum absolute atomic E-state index is 0.00437. The summed E-state index contributed by atoms with van der Waals surface area (Å²) in [5, 5.41) is 6.14. The molecule has 2 aromatic heterocycles. The van der Waals surface area contributed by atoms with Gasteiger partial charge >= 0.3 is 12.4 Å². The van der Waals surface area contributed by atoms with Gasteiger partial charge in [0.05, 0.1) is 5.69 Å². The molecule has 1 aromatic carbocycles. The smallest absolute Gasteiger partial charge is 0.381 e. The second kappa shape index (κ2) is 6.93. The fourth-order valence-corrected chi connectivity index (χ4v) is 2.34. The van der Waals surface area contributed by atoms with E-state index >= 15 is 0 Å². The van der Waals surface area contributed by atoms with Crippen molar-refractivity contribution < 1.29 is 26.3 Å². The van der Waals surface area contributed by atoms with Crippen LogP contribution >= 0.6 is 0 Å². The van der Waals surface area contributed by atoms with Crippen molar-refractivity contribution in [2.75, 3.05) is 5.32 Å². The van der Waals surface area contributed by atoms with Crippen LogP contribution in [0.2, 0.25) is 0 Å². The maximum absolute atomic E-state index is 13.1. The molecular weight excluding hydrogens is 374 g/mol. The van der Waals surface area contributed by atoms with Gasteiger partial charge in [-0.25, -0.2) is 4.68 Å². The Labute approximate surface area is 149 Å². The molecule has 0 fully saturated rings. The topological polar surface area (TPSA) is 42.7 Å². The molecule has 3 aromatic rings. The highest BCUT2D eigenvalue weighted by Crippen LogP contribution is 2.36. The molecule has 0 atom stereocenters. The van der Waals surface area contributed by atoms with Gasteiger partial charge in [0.2, 0.25) is 0 Å². The van der Waals surface area contributed by atoms with E-state index in [0.717, 1.165) is 5.56 Å². The molecule has 1 N–H and O–H groups in total. The van der Waals surface area contributed by atoms with Gasteiger partial charge in [0, 0.05) is 30.7 Å². The monoisotopic (exact) mass is 386 g/mol. The number of pyridine rings is 1. The van der Waals surface area contributed by atoms with Gasteiger partial charge in [-0.05, 0) is 42.0 Å². The lowest BCUT2D eigenvalue weighted by atomic mass is 10.2. The normalized spacial score (nSPS) is 12.2.